The highest BCUT2D eigenvalue weighted by molar-refractivity contribution is 6.74. The molecular weight excluding hydrogens is 316 g/mol. The Kier molecular flexibility index (Phi) is 5.82. The minimum absolute atomic E-state index is 0.0116. The number of hydrogen-bond donors (Lipinski definition) is 1. The fraction of sp³-hybridized carbons (Fsp3) is 0.750. The van der Waals surface area contributed by atoms with E-state index in [9.17, 15) is 14.7 Å². The number of esters is 2. The van der Waals surface area contributed by atoms with Crippen molar-refractivity contribution in [3.8, 4) is 0 Å². The topological polar surface area (TPSA) is 82.1 Å². The highest BCUT2D eigenvalue weighted by atomic mass is 28.4. The van der Waals surface area contributed by atoms with Crippen LogP contribution in [-0.2, 0) is 23.5 Å². The summed E-state index contributed by atoms with van der Waals surface area (Å²) in [7, 11) is 0.342. The van der Waals surface area contributed by atoms with Crippen LogP contribution in [0.2, 0.25) is 18.1 Å². The van der Waals surface area contributed by atoms with Gasteiger partial charge in [-0.3, -0.25) is 4.79 Å². The maximum Gasteiger partial charge on any atom is 0.342 e. The quantitative estimate of drug-likeness (QED) is 0.477. The van der Waals surface area contributed by atoms with Crippen LogP contribution in [0, 0.1) is 5.92 Å². The summed E-state index contributed by atoms with van der Waals surface area (Å²) in [5.41, 5.74) is -2.02. The Bertz CT molecular complexity index is 493. The average Bonchev–Trinajstić information content (AvgIpc) is 2.46. The first kappa shape index (κ1) is 19.9. The van der Waals surface area contributed by atoms with Crippen molar-refractivity contribution in [2.24, 2.45) is 5.92 Å². The van der Waals surface area contributed by atoms with Crippen molar-refractivity contribution < 1.29 is 28.6 Å². The van der Waals surface area contributed by atoms with E-state index in [1.165, 1.54) is 20.3 Å². The van der Waals surface area contributed by atoms with Gasteiger partial charge in [0.2, 0.25) is 0 Å². The van der Waals surface area contributed by atoms with Crippen molar-refractivity contribution in [3.05, 3.63) is 12.2 Å². The molecule has 0 fully saturated rings. The summed E-state index contributed by atoms with van der Waals surface area (Å²) in [6, 6.07) is 0. The lowest BCUT2D eigenvalue weighted by Gasteiger charge is -2.42. The number of aliphatic hydroxyl groups is 1. The third-order valence-corrected chi connectivity index (χ3v) is 9.32. The van der Waals surface area contributed by atoms with Crippen LogP contribution in [0.5, 0.6) is 0 Å². The Balaban J connectivity index is 3.09. The van der Waals surface area contributed by atoms with Gasteiger partial charge in [0.25, 0.3) is 0 Å². The molecule has 23 heavy (non-hydrogen) atoms. The van der Waals surface area contributed by atoms with E-state index in [1.807, 2.05) is 0 Å². The summed E-state index contributed by atoms with van der Waals surface area (Å²) in [6.07, 6.45) is 2.74. The van der Waals surface area contributed by atoms with Crippen molar-refractivity contribution in [2.75, 3.05) is 14.2 Å². The zero-order valence-corrected chi connectivity index (χ0v) is 16.0. The molecule has 1 N–H and O–H groups in total. The molecule has 0 heterocycles. The van der Waals surface area contributed by atoms with Crippen LogP contribution in [-0.4, -0.2) is 51.3 Å². The van der Waals surface area contributed by atoms with E-state index < -0.39 is 31.8 Å². The van der Waals surface area contributed by atoms with Crippen LogP contribution in [0.3, 0.4) is 0 Å². The molecule has 1 aliphatic rings. The van der Waals surface area contributed by atoms with Gasteiger partial charge in [0, 0.05) is 0 Å². The van der Waals surface area contributed by atoms with Gasteiger partial charge in [-0.1, -0.05) is 26.8 Å². The van der Waals surface area contributed by atoms with E-state index in [-0.39, 0.29) is 17.6 Å². The molecule has 0 spiro atoms. The third kappa shape index (κ3) is 4.02. The van der Waals surface area contributed by atoms with Gasteiger partial charge in [-0.15, -0.1) is 0 Å². The second kappa shape index (κ2) is 6.74. The van der Waals surface area contributed by atoms with Crippen molar-refractivity contribution in [1.82, 2.24) is 0 Å². The van der Waals surface area contributed by atoms with Gasteiger partial charge in [-0.05, 0) is 30.6 Å². The van der Waals surface area contributed by atoms with Crippen LogP contribution >= 0.6 is 0 Å². The minimum Gasteiger partial charge on any atom is -0.469 e. The summed E-state index contributed by atoms with van der Waals surface area (Å²) in [6.45, 7) is 10.6. The lowest BCUT2D eigenvalue weighted by Crippen LogP contribution is -2.53. The molecule has 132 valence electrons. The molecule has 3 atom stereocenters. The molecule has 1 rings (SSSR count). The van der Waals surface area contributed by atoms with Crippen molar-refractivity contribution in [3.63, 3.8) is 0 Å². The zero-order chi connectivity index (χ0) is 18.1. The van der Waals surface area contributed by atoms with Gasteiger partial charge < -0.3 is 19.0 Å². The average molecular weight is 344 g/mol. The minimum atomic E-state index is -2.05. The Morgan fingerprint density at radius 2 is 1.78 bits per heavy atom. The first-order chi connectivity index (χ1) is 10.4. The number of carbonyl (C=O) groups is 2. The second-order valence-corrected chi connectivity index (χ2v) is 12.2. The lowest BCUT2D eigenvalue weighted by atomic mass is 9.79. The Hall–Kier alpha value is -1.18. The van der Waals surface area contributed by atoms with Crippen LogP contribution in [0.1, 0.15) is 27.2 Å². The molecule has 0 aromatic heterocycles. The van der Waals surface area contributed by atoms with Crippen LogP contribution in [0.25, 0.3) is 0 Å². The summed E-state index contributed by atoms with van der Waals surface area (Å²) in [5, 5.41) is 10.6. The number of rotatable bonds is 4. The monoisotopic (exact) mass is 344 g/mol. The predicted molar refractivity (Wildman–Crippen MR) is 88.3 cm³/mol. The summed E-state index contributed by atoms with van der Waals surface area (Å²) in [4.78, 5) is 23.9. The molecule has 0 unspecified atom stereocenters. The van der Waals surface area contributed by atoms with Crippen molar-refractivity contribution in [1.29, 1.82) is 0 Å². The van der Waals surface area contributed by atoms with Crippen molar-refractivity contribution in [2.45, 2.75) is 57.0 Å². The largest absolute Gasteiger partial charge is 0.469 e. The Morgan fingerprint density at radius 3 is 2.22 bits per heavy atom. The van der Waals surface area contributed by atoms with Gasteiger partial charge in [-0.2, -0.15) is 0 Å². The molecule has 0 saturated carbocycles. The first-order valence-corrected chi connectivity index (χ1v) is 10.6. The molecule has 0 aromatic carbocycles. The summed E-state index contributed by atoms with van der Waals surface area (Å²) < 4.78 is 15.6. The maximum absolute atomic E-state index is 12.0. The third-order valence-electron chi connectivity index (χ3n) is 4.81. The smallest absolute Gasteiger partial charge is 0.342 e. The van der Waals surface area contributed by atoms with E-state index in [4.69, 9.17) is 9.16 Å². The van der Waals surface area contributed by atoms with E-state index in [1.54, 1.807) is 6.08 Å². The summed E-state index contributed by atoms with van der Waals surface area (Å²) >= 11 is 0. The van der Waals surface area contributed by atoms with Gasteiger partial charge >= 0.3 is 11.9 Å². The van der Waals surface area contributed by atoms with Gasteiger partial charge in [0.05, 0.1) is 20.3 Å². The van der Waals surface area contributed by atoms with E-state index in [0.717, 1.165) is 0 Å². The molecule has 0 amide bonds. The fourth-order valence-electron chi connectivity index (χ4n) is 2.30. The molecule has 0 radical (unpaired) electrons. The molecule has 0 bridgehead atoms. The number of carbonyl (C=O) groups excluding carboxylic acids is 2. The maximum atomic E-state index is 12.0. The number of ether oxygens (including phenoxy) is 2. The SMILES string of the molecule is COC(=O)[C@@H]1C[C@@H](O[Si](C)(C)C(C)(C)C)C=C[C@@]1(O)C(=O)OC. The van der Waals surface area contributed by atoms with E-state index in [0.29, 0.717) is 0 Å². The van der Waals surface area contributed by atoms with E-state index >= 15 is 0 Å². The Labute approximate surface area is 138 Å². The molecule has 0 aliphatic heterocycles. The summed E-state index contributed by atoms with van der Waals surface area (Å²) in [5.74, 6) is -2.60. The predicted octanol–water partition coefficient (Wildman–Crippen LogP) is 2.03. The van der Waals surface area contributed by atoms with Crippen LogP contribution in [0.4, 0.5) is 0 Å². The molecular formula is C16H28O6Si. The van der Waals surface area contributed by atoms with Gasteiger partial charge in [-0.25, -0.2) is 4.79 Å². The molecule has 7 heteroatoms. The Morgan fingerprint density at radius 1 is 1.22 bits per heavy atom. The normalized spacial score (nSPS) is 28.3. The molecule has 1 aliphatic carbocycles. The van der Waals surface area contributed by atoms with Crippen LogP contribution in [0.15, 0.2) is 12.2 Å². The van der Waals surface area contributed by atoms with Crippen molar-refractivity contribution >= 4 is 20.3 Å². The highest BCUT2D eigenvalue weighted by Gasteiger charge is 2.51. The van der Waals surface area contributed by atoms with Gasteiger partial charge in [0.15, 0.2) is 13.9 Å². The second-order valence-electron chi connectivity index (χ2n) is 7.40. The van der Waals surface area contributed by atoms with E-state index in [2.05, 4.69) is 38.6 Å². The van der Waals surface area contributed by atoms with Crippen LogP contribution < -0.4 is 0 Å². The lowest BCUT2D eigenvalue weighted by molar-refractivity contribution is -0.174. The number of hydrogen-bond acceptors (Lipinski definition) is 6. The standard InChI is InChI=1S/C16H28O6Si/c1-15(2,3)23(6,7)22-11-8-9-16(19,14(18)21-5)12(10-11)13(17)20-4/h8-9,11-12,19H,10H2,1-7H3/t11-,12-,16-/m0/s1. The van der Waals surface area contributed by atoms with Gasteiger partial charge in [0.1, 0.15) is 5.92 Å². The molecule has 6 nitrogen and oxygen atoms in total. The highest BCUT2D eigenvalue weighted by Crippen LogP contribution is 2.40. The number of methoxy groups -OCH3 is 2. The fourth-order valence-corrected chi connectivity index (χ4v) is 3.58. The molecule has 0 saturated heterocycles. The molecule has 0 aromatic rings. The first-order valence-electron chi connectivity index (χ1n) is 7.65. The zero-order valence-electron chi connectivity index (χ0n) is 15.0.